The van der Waals surface area contributed by atoms with Gasteiger partial charge in [-0.1, -0.05) is 54.2 Å². The highest BCUT2D eigenvalue weighted by Gasteiger charge is 2.26. The van der Waals surface area contributed by atoms with Gasteiger partial charge in [0.1, 0.15) is 5.25 Å². The Morgan fingerprint density at radius 3 is 2.53 bits per heavy atom. The van der Waals surface area contributed by atoms with Crippen molar-refractivity contribution in [2.75, 3.05) is 27.3 Å². The lowest BCUT2D eigenvalue weighted by molar-refractivity contribution is -0.128. The number of carbonyl (C=O) groups excluding carboxylic acids is 1. The van der Waals surface area contributed by atoms with Crippen molar-refractivity contribution in [3.8, 4) is 0 Å². The molecule has 0 bridgehead atoms. The average Bonchev–Trinajstić information content (AvgIpc) is 2.76. The number of ether oxygens (including phenoxy) is 1. The molecule has 1 heterocycles. The van der Waals surface area contributed by atoms with Crippen LogP contribution in [-0.4, -0.2) is 47.7 Å². The standard InChI is InChI=1S/C23H27N3O3S/c1-4-29-16-10-15-26-21(27)18-13-8-9-14-19(18)24-23(26)30-20(22(28)25(2)3)17-11-6-5-7-12-17/h5-9,11-14,20H,4,10,15-16H2,1-3H3/t20-/m0/s1. The quantitative estimate of drug-likeness (QED) is 0.297. The molecule has 1 aromatic heterocycles. The number of amides is 1. The topological polar surface area (TPSA) is 64.4 Å². The van der Waals surface area contributed by atoms with E-state index in [-0.39, 0.29) is 11.5 Å². The predicted octanol–water partition coefficient (Wildman–Crippen LogP) is 3.74. The normalized spacial score (nSPS) is 12.1. The fraction of sp³-hybridized carbons (Fsp3) is 0.348. The fourth-order valence-corrected chi connectivity index (χ4v) is 4.40. The summed E-state index contributed by atoms with van der Waals surface area (Å²) in [7, 11) is 3.48. The molecule has 0 spiro atoms. The number of benzene rings is 2. The molecule has 2 aromatic carbocycles. The first-order valence-corrected chi connectivity index (χ1v) is 10.9. The monoisotopic (exact) mass is 425 g/mol. The molecule has 3 rings (SSSR count). The van der Waals surface area contributed by atoms with Crippen LogP contribution in [0, 0.1) is 0 Å². The first-order valence-electron chi connectivity index (χ1n) is 10.0. The Balaban J connectivity index is 2.05. The second-order valence-electron chi connectivity index (χ2n) is 7.06. The van der Waals surface area contributed by atoms with Gasteiger partial charge in [0.05, 0.1) is 10.9 Å². The first-order chi connectivity index (χ1) is 14.5. The van der Waals surface area contributed by atoms with Gasteiger partial charge in [-0.25, -0.2) is 4.98 Å². The Bertz CT molecular complexity index is 1050. The van der Waals surface area contributed by atoms with Gasteiger partial charge in [-0.3, -0.25) is 14.2 Å². The Kier molecular flexibility index (Phi) is 7.65. The van der Waals surface area contributed by atoms with E-state index in [0.717, 1.165) is 5.56 Å². The lowest BCUT2D eigenvalue weighted by Crippen LogP contribution is -2.28. The number of fused-ring (bicyclic) bond motifs is 1. The molecule has 0 radical (unpaired) electrons. The van der Waals surface area contributed by atoms with E-state index in [4.69, 9.17) is 9.72 Å². The van der Waals surface area contributed by atoms with Gasteiger partial charge < -0.3 is 9.64 Å². The smallest absolute Gasteiger partial charge is 0.262 e. The Morgan fingerprint density at radius 2 is 1.83 bits per heavy atom. The van der Waals surface area contributed by atoms with E-state index in [1.165, 1.54) is 11.8 Å². The second kappa shape index (κ2) is 10.4. The van der Waals surface area contributed by atoms with Gasteiger partial charge in [0.15, 0.2) is 5.16 Å². The number of thioether (sulfide) groups is 1. The summed E-state index contributed by atoms with van der Waals surface area (Å²) < 4.78 is 7.11. The van der Waals surface area contributed by atoms with E-state index < -0.39 is 5.25 Å². The fourth-order valence-electron chi connectivity index (χ4n) is 3.13. The van der Waals surface area contributed by atoms with Crippen LogP contribution in [0.2, 0.25) is 0 Å². The van der Waals surface area contributed by atoms with Crippen LogP contribution in [0.4, 0.5) is 0 Å². The number of nitrogens with zero attached hydrogens (tertiary/aromatic N) is 3. The number of carbonyl (C=O) groups is 1. The molecule has 158 valence electrons. The molecule has 0 aliphatic carbocycles. The van der Waals surface area contributed by atoms with Crippen LogP contribution < -0.4 is 5.56 Å². The summed E-state index contributed by atoms with van der Waals surface area (Å²) in [4.78, 5) is 32.5. The summed E-state index contributed by atoms with van der Waals surface area (Å²) in [5.74, 6) is -0.0468. The summed E-state index contributed by atoms with van der Waals surface area (Å²) in [6, 6.07) is 16.9. The van der Waals surface area contributed by atoms with E-state index in [1.54, 1.807) is 29.6 Å². The number of likely N-dealkylation sites (N-methyl/N-ethyl adjacent to an activating group) is 1. The van der Waals surface area contributed by atoms with Crippen LogP contribution in [0.3, 0.4) is 0 Å². The van der Waals surface area contributed by atoms with Gasteiger partial charge in [0.25, 0.3) is 5.56 Å². The third-order valence-electron chi connectivity index (χ3n) is 4.69. The van der Waals surface area contributed by atoms with E-state index in [9.17, 15) is 9.59 Å². The van der Waals surface area contributed by atoms with E-state index in [1.807, 2.05) is 55.5 Å². The lowest BCUT2D eigenvalue weighted by Gasteiger charge is -2.22. The largest absolute Gasteiger partial charge is 0.382 e. The number of rotatable bonds is 9. The molecule has 0 unspecified atom stereocenters. The highest BCUT2D eigenvalue weighted by molar-refractivity contribution is 8.00. The van der Waals surface area contributed by atoms with Crippen LogP contribution in [0.1, 0.15) is 24.2 Å². The molecule has 0 saturated heterocycles. The van der Waals surface area contributed by atoms with Crippen molar-refractivity contribution in [3.05, 3.63) is 70.5 Å². The second-order valence-corrected chi connectivity index (χ2v) is 8.13. The summed E-state index contributed by atoms with van der Waals surface area (Å²) >= 11 is 1.32. The van der Waals surface area contributed by atoms with Crippen molar-refractivity contribution in [1.29, 1.82) is 0 Å². The summed E-state index contributed by atoms with van der Waals surface area (Å²) in [5.41, 5.74) is 1.42. The molecule has 0 N–H and O–H groups in total. The van der Waals surface area contributed by atoms with E-state index >= 15 is 0 Å². The number of hydrogen-bond acceptors (Lipinski definition) is 5. The minimum atomic E-state index is -0.493. The Labute approximate surface area is 180 Å². The molecule has 0 fully saturated rings. The minimum Gasteiger partial charge on any atom is -0.382 e. The highest BCUT2D eigenvalue weighted by Crippen LogP contribution is 2.35. The molecule has 1 amide bonds. The van der Waals surface area contributed by atoms with Crippen molar-refractivity contribution in [2.24, 2.45) is 0 Å². The minimum absolute atomic E-state index is 0.0468. The maximum absolute atomic E-state index is 13.2. The zero-order valence-corrected chi connectivity index (χ0v) is 18.4. The Morgan fingerprint density at radius 1 is 1.13 bits per heavy atom. The van der Waals surface area contributed by atoms with Crippen molar-refractivity contribution in [2.45, 2.75) is 30.3 Å². The molecule has 7 heteroatoms. The van der Waals surface area contributed by atoms with Crippen LogP contribution in [0.15, 0.2) is 64.5 Å². The van der Waals surface area contributed by atoms with Crippen molar-refractivity contribution >= 4 is 28.6 Å². The predicted molar refractivity (Wildman–Crippen MR) is 121 cm³/mol. The van der Waals surface area contributed by atoms with Gasteiger partial charge >= 0.3 is 0 Å². The molecule has 0 saturated carbocycles. The van der Waals surface area contributed by atoms with Crippen LogP contribution in [-0.2, 0) is 16.1 Å². The van der Waals surface area contributed by atoms with Gasteiger partial charge in [-0.2, -0.15) is 0 Å². The molecule has 0 aliphatic heterocycles. The molecule has 0 aliphatic rings. The third-order valence-corrected chi connectivity index (χ3v) is 5.92. The first kappa shape index (κ1) is 22.1. The average molecular weight is 426 g/mol. The zero-order chi connectivity index (χ0) is 21.5. The zero-order valence-electron chi connectivity index (χ0n) is 17.6. The third kappa shape index (κ3) is 5.09. The summed E-state index contributed by atoms with van der Waals surface area (Å²) in [6.45, 7) is 3.64. The highest BCUT2D eigenvalue weighted by atomic mass is 32.2. The number of aromatic nitrogens is 2. The molecule has 30 heavy (non-hydrogen) atoms. The summed E-state index contributed by atoms with van der Waals surface area (Å²) in [6.07, 6.45) is 0.693. The van der Waals surface area contributed by atoms with Gasteiger partial charge in [0, 0.05) is 33.9 Å². The summed E-state index contributed by atoms with van der Waals surface area (Å²) in [5, 5.41) is 0.625. The number of hydrogen-bond donors (Lipinski definition) is 0. The molecular formula is C23H27N3O3S. The van der Waals surface area contributed by atoms with Crippen molar-refractivity contribution in [3.63, 3.8) is 0 Å². The van der Waals surface area contributed by atoms with E-state index in [0.29, 0.717) is 42.2 Å². The SMILES string of the molecule is CCOCCCn1c(S[C@H](C(=O)N(C)C)c2ccccc2)nc2ccccc2c1=O. The van der Waals surface area contributed by atoms with Gasteiger partial charge in [-0.05, 0) is 31.0 Å². The number of para-hydroxylation sites is 1. The molecular weight excluding hydrogens is 398 g/mol. The van der Waals surface area contributed by atoms with Crippen LogP contribution >= 0.6 is 11.8 Å². The van der Waals surface area contributed by atoms with Crippen LogP contribution in [0.25, 0.3) is 10.9 Å². The molecule has 1 atom stereocenters. The maximum Gasteiger partial charge on any atom is 0.262 e. The molecule has 3 aromatic rings. The van der Waals surface area contributed by atoms with Gasteiger partial charge in [0.2, 0.25) is 5.91 Å². The van der Waals surface area contributed by atoms with Gasteiger partial charge in [-0.15, -0.1) is 0 Å². The molecule has 6 nitrogen and oxygen atoms in total. The van der Waals surface area contributed by atoms with Crippen LogP contribution in [0.5, 0.6) is 0 Å². The lowest BCUT2D eigenvalue weighted by atomic mass is 10.1. The maximum atomic E-state index is 13.2. The van der Waals surface area contributed by atoms with Crippen molar-refractivity contribution in [1.82, 2.24) is 14.5 Å². The van der Waals surface area contributed by atoms with Crippen molar-refractivity contribution < 1.29 is 9.53 Å². The Hall–Kier alpha value is -2.64. The van der Waals surface area contributed by atoms with E-state index in [2.05, 4.69) is 0 Å².